The Morgan fingerprint density at radius 3 is 2.43 bits per heavy atom. The van der Waals surface area contributed by atoms with Gasteiger partial charge in [-0.3, -0.25) is 0 Å². The number of nitrogens with zero attached hydrogens (tertiary/aromatic N) is 6. The first-order valence-corrected chi connectivity index (χ1v) is 8.67. The van der Waals surface area contributed by atoms with Crippen molar-refractivity contribution in [3.63, 3.8) is 0 Å². The number of anilines is 2. The van der Waals surface area contributed by atoms with Gasteiger partial charge in [0.25, 0.3) is 0 Å². The van der Waals surface area contributed by atoms with Crippen molar-refractivity contribution in [3.05, 3.63) is 35.7 Å². The summed E-state index contributed by atoms with van der Waals surface area (Å²) in [6.45, 7) is 5.61. The third-order valence-corrected chi connectivity index (χ3v) is 4.45. The van der Waals surface area contributed by atoms with Crippen LogP contribution in [0.25, 0.3) is 0 Å². The van der Waals surface area contributed by atoms with Crippen LogP contribution in [0.15, 0.2) is 29.7 Å². The Hall–Kier alpha value is -2.33. The van der Waals surface area contributed by atoms with E-state index in [0.29, 0.717) is 5.56 Å². The van der Waals surface area contributed by atoms with Gasteiger partial charge < -0.3 is 9.80 Å². The van der Waals surface area contributed by atoms with Gasteiger partial charge in [0, 0.05) is 44.1 Å². The molecule has 0 aliphatic carbocycles. The molecule has 118 valence electrons. The topological polar surface area (TPSA) is 68.9 Å². The molecule has 2 aromatic heterocycles. The number of hydrogen-bond donors (Lipinski definition) is 0. The average Bonchev–Trinajstić information content (AvgIpc) is 2.62. The summed E-state index contributed by atoms with van der Waals surface area (Å²) in [6, 6.07) is 5.82. The predicted octanol–water partition coefficient (Wildman–Crippen LogP) is 2.10. The molecule has 3 heterocycles. The Morgan fingerprint density at radius 1 is 1.09 bits per heavy atom. The highest BCUT2D eigenvalue weighted by Gasteiger charge is 2.20. The molecule has 2 aromatic rings. The summed E-state index contributed by atoms with van der Waals surface area (Å²) in [5.41, 5.74) is 1.70. The molecule has 6 nitrogen and oxygen atoms in total. The van der Waals surface area contributed by atoms with Gasteiger partial charge in [0.1, 0.15) is 17.7 Å². The largest absolute Gasteiger partial charge is 0.353 e. The second kappa shape index (κ2) is 6.84. The Bertz CT molecular complexity index is 716. The standard InChI is InChI=1S/C16H18N6S/c1-12-10-19-16(23-2)20-15(12)22-7-5-21(6-8-22)14-4-3-13(9-17)11-18-14/h3-4,10-11H,5-8H2,1-2H3. The molecular formula is C16H18N6S. The number of nitriles is 1. The van der Waals surface area contributed by atoms with Crippen molar-refractivity contribution in [2.75, 3.05) is 42.2 Å². The van der Waals surface area contributed by atoms with Crippen LogP contribution in [-0.2, 0) is 0 Å². The van der Waals surface area contributed by atoms with E-state index < -0.39 is 0 Å². The zero-order valence-electron chi connectivity index (χ0n) is 13.2. The predicted molar refractivity (Wildman–Crippen MR) is 91.9 cm³/mol. The zero-order valence-corrected chi connectivity index (χ0v) is 14.0. The van der Waals surface area contributed by atoms with Crippen LogP contribution in [0.5, 0.6) is 0 Å². The number of thioether (sulfide) groups is 1. The molecular weight excluding hydrogens is 308 g/mol. The third kappa shape index (κ3) is 3.37. The molecule has 0 N–H and O–H groups in total. The van der Waals surface area contributed by atoms with E-state index in [2.05, 4.69) is 30.8 Å². The molecule has 0 atom stereocenters. The van der Waals surface area contributed by atoms with Crippen molar-refractivity contribution < 1.29 is 0 Å². The summed E-state index contributed by atoms with van der Waals surface area (Å²) in [5.74, 6) is 1.95. The van der Waals surface area contributed by atoms with E-state index in [-0.39, 0.29) is 0 Å². The monoisotopic (exact) mass is 326 g/mol. The maximum absolute atomic E-state index is 8.84. The number of piperazine rings is 1. The second-order valence-corrected chi connectivity index (χ2v) is 6.13. The fourth-order valence-corrected chi connectivity index (χ4v) is 2.96. The lowest BCUT2D eigenvalue weighted by Gasteiger charge is -2.36. The summed E-state index contributed by atoms with van der Waals surface area (Å²) < 4.78 is 0. The van der Waals surface area contributed by atoms with E-state index in [1.807, 2.05) is 31.5 Å². The molecule has 0 unspecified atom stereocenters. The first-order valence-electron chi connectivity index (χ1n) is 7.45. The number of aryl methyl sites for hydroxylation is 1. The van der Waals surface area contributed by atoms with Gasteiger partial charge in [-0.05, 0) is 25.3 Å². The van der Waals surface area contributed by atoms with Crippen LogP contribution in [0.4, 0.5) is 11.6 Å². The van der Waals surface area contributed by atoms with Gasteiger partial charge in [0.2, 0.25) is 0 Å². The number of hydrogen-bond acceptors (Lipinski definition) is 7. The van der Waals surface area contributed by atoms with E-state index in [0.717, 1.165) is 48.5 Å². The summed E-state index contributed by atoms with van der Waals surface area (Å²) >= 11 is 1.56. The first-order chi connectivity index (χ1) is 11.2. The normalized spacial score (nSPS) is 14.7. The maximum Gasteiger partial charge on any atom is 0.189 e. The Labute approximate surface area is 140 Å². The van der Waals surface area contributed by atoms with Crippen LogP contribution >= 0.6 is 11.8 Å². The minimum absolute atomic E-state index is 0.591. The molecule has 0 aromatic carbocycles. The van der Waals surface area contributed by atoms with Gasteiger partial charge in [-0.25, -0.2) is 15.0 Å². The van der Waals surface area contributed by atoms with E-state index in [1.54, 1.807) is 18.0 Å². The number of aromatic nitrogens is 3. The average molecular weight is 326 g/mol. The minimum Gasteiger partial charge on any atom is -0.353 e. The fourth-order valence-electron chi connectivity index (χ4n) is 2.62. The summed E-state index contributed by atoms with van der Waals surface area (Å²) in [5, 5.41) is 9.65. The summed E-state index contributed by atoms with van der Waals surface area (Å²) in [4.78, 5) is 17.9. The van der Waals surface area contributed by atoms with E-state index in [1.165, 1.54) is 0 Å². The molecule has 1 saturated heterocycles. The van der Waals surface area contributed by atoms with Crippen molar-refractivity contribution in [1.29, 1.82) is 5.26 Å². The second-order valence-electron chi connectivity index (χ2n) is 5.35. The van der Waals surface area contributed by atoms with Crippen LogP contribution in [0.1, 0.15) is 11.1 Å². The number of pyridine rings is 1. The smallest absolute Gasteiger partial charge is 0.189 e. The molecule has 0 bridgehead atoms. The molecule has 0 amide bonds. The molecule has 1 aliphatic rings. The van der Waals surface area contributed by atoms with Crippen LogP contribution in [0.3, 0.4) is 0 Å². The molecule has 23 heavy (non-hydrogen) atoms. The molecule has 1 fully saturated rings. The lowest BCUT2D eigenvalue weighted by Crippen LogP contribution is -2.47. The lowest BCUT2D eigenvalue weighted by molar-refractivity contribution is 0.636. The van der Waals surface area contributed by atoms with Crippen molar-refractivity contribution in [3.8, 4) is 6.07 Å². The van der Waals surface area contributed by atoms with Crippen LogP contribution in [0, 0.1) is 18.3 Å². The molecule has 1 aliphatic heterocycles. The van der Waals surface area contributed by atoms with E-state index >= 15 is 0 Å². The van der Waals surface area contributed by atoms with Crippen LogP contribution in [-0.4, -0.2) is 47.4 Å². The highest BCUT2D eigenvalue weighted by atomic mass is 32.2. The van der Waals surface area contributed by atoms with Crippen molar-refractivity contribution in [2.24, 2.45) is 0 Å². The first kappa shape index (κ1) is 15.6. The maximum atomic E-state index is 8.84. The quantitative estimate of drug-likeness (QED) is 0.632. The molecule has 0 saturated carbocycles. The van der Waals surface area contributed by atoms with Crippen molar-refractivity contribution in [1.82, 2.24) is 15.0 Å². The van der Waals surface area contributed by atoms with Crippen LogP contribution in [0.2, 0.25) is 0 Å². The van der Waals surface area contributed by atoms with Gasteiger partial charge in [0.05, 0.1) is 5.56 Å². The van der Waals surface area contributed by atoms with E-state index in [4.69, 9.17) is 5.26 Å². The van der Waals surface area contributed by atoms with Gasteiger partial charge >= 0.3 is 0 Å². The Balaban J connectivity index is 1.69. The Kier molecular flexibility index (Phi) is 4.63. The Morgan fingerprint density at radius 2 is 1.83 bits per heavy atom. The van der Waals surface area contributed by atoms with Gasteiger partial charge in [-0.2, -0.15) is 5.26 Å². The SMILES string of the molecule is CSc1ncc(C)c(N2CCN(c3ccc(C#N)cn3)CC2)n1. The molecule has 3 rings (SSSR count). The molecule has 0 spiro atoms. The molecule has 0 radical (unpaired) electrons. The minimum atomic E-state index is 0.591. The highest BCUT2D eigenvalue weighted by molar-refractivity contribution is 7.98. The van der Waals surface area contributed by atoms with E-state index in [9.17, 15) is 0 Å². The molecule has 7 heteroatoms. The number of rotatable bonds is 3. The highest BCUT2D eigenvalue weighted by Crippen LogP contribution is 2.22. The third-order valence-electron chi connectivity index (χ3n) is 3.89. The zero-order chi connectivity index (χ0) is 16.2. The fraction of sp³-hybridized carbons (Fsp3) is 0.375. The van der Waals surface area contributed by atoms with Gasteiger partial charge in [0.15, 0.2) is 5.16 Å². The van der Waals surface area contributed by atoms with Crippen LogP contribution < -0.4 is 9.80 Å². The van der Waals surface area contributed by atoms with Gasteiger partial charge in [-0.15, -0.1) is 0 Å². The van der Waals surface area contributed by atoms with Crippen molar-refractivity contribution >= 4 is 23.4 Å². The summed E-state index contributed by atoms with van der Waals surface area (Å²) in [7, 11) is 0. The van der Waals surface area contributed by atoms with Crippen molar-refractivity contribution in [2.45, 2.75) is 12.1 Å². The van der Waals surface area contributed by atoms with Gasteiger partial charge in [-0.1, -0.05) is 11.8 Å². The lowest BCUT2D eigenvalue weighted by atomic mass is 10.2. The summed E-state index contributed by atoms with van der Waals surface area (Å²) in [6.07, 6.45) is 5.51.